The molecule has 0 aliphatic heterocycles. The predicted octanol–water partition coefficient (Wildman–Crippen LogP) is 3.20. The molecule has 0 spiro atoms. The molecule has 1 unspecified atom stereocenters. The van der Waals surface area contributed by atoms with E-state index in [4.69, 9.17) is 4.74 Å². The monoisotopic (exact) mass is 332 g/mol. The number of benzene rings is 1. The average Bonchev–Trinajstić information content (AvgIpc) is 3.29. The lowest BCUT2D eigenvalue weighted by Gasteiger charge is -2.13. The molecule has 122 valence electrons. The van der Waals surface area contributed by atoms with E-state index in [0.29, 0.717) is 29.1 Å². The summed E-state index contributed by atoms with van der Waals surface area (Å²) in [5.41, 5.74) is 0.681. The van der Waals surface area contributed by atoms with E-state index in [2.05, 4.69) is 20.5 Å². The number of aromatic amines is 1. The molecule has 1 aromatic carbocycles. The van der Waals surface area contributed by atoms with Gasteiger partial charge >= 0.3 is 0 Å². The van der Waals surface area contributed by atoms with Crippen molar-refractivity contribution in [3.8, 4) is 5.75 Å². The van der Waals surface area contributed by atoms with Crippen molar-refractivity contribution < 1.29 is 9.53 Å². The van der Waals surface area contributed by atoms with Gasteiger partial charge in [0.1, 0.15) is 11.6 Å². The minimum Gasteiger partial charge on any atom is -0.492 e. The molecular formula is C16H20N4O2S. The van der Waals surface area contributed by atoms with Crippen LogP contribution in [0.3, 0.4) is 0 Å². The van der Waals surface area contributed by atoms with Crippen LogP contribution in [0.1, 0.15) is 38.4 Å². The standard InChI is InChI=1S/C16H20N4O2S/c1-3-22-13-7-5-4-6-12(13)17-15(21)10(2)23-16-18-14(19-20-16)11-8-9-11/h4-7,10-11H,3,8-9H2,1-2H3,(H,17,21)(H,18,19,20). The van der Waals surface area contributed by atoms with E-state index in [0.717, 1.165) is 5.82 Å². The fraction of sp³-hybridized carbons (Fsp3) is 0.438. The second kappa shape index (κ2) is 7.04. The van der Waals surface area contributed by atoms with Gasteiger partial charge in [0.05, 0.1) is 17.5 Å². The zero-order valence-electron chi connectivity index (χ0n) is 13.2. The molecule has 0 bridgehead atoms. The maximum Gasteiger partial charge on any atom is 0.237 e. The Labute approximate surface area is 139 Å². The number of hydrogen-bond donors (Lipinski definition) is 2. The molecule has 2 aromatic rings. The van der Waals surface area contributed by atoms with Crippen LogP contribution in [-0.4, -0.2) is 32.9 Å². The molecule has 0 radical (unpaired) electrons. The zero-order valence-corrected chi connectivity index (χ0v) is 14.0. The number of hydrogen-bond acceptors (Lipinski definition) is 5. The van der Waals surface area contributed by atoms with E-state index >= 15 is 0 Å². The fourth-order valence-corrected chi connectivity index (χ4v) is 2.88. The third-order valence-corrected chi connectivity index (χ3v) is 4.50. The molecule has 1 aliphatic rings. The van der Waals surface area contributed by atoms with Gasteiger partial charge in [0.15, 0.2) is 0 Å². The minimum absolute atomic E-state index is 0.0973. The van der Waals surface area contributed by atoms with E-state index in [1.165, 1.54) is 24.6 Å². The van der Waals surface area contributed by atoms with Crippen LogP contribution in [0.5, 0.6) is 5.75 Å². The summed E-state index contributed by atoms with van der Waals surface area (Å²) in [7, 11) is 0. The van der Waals surface area contributed by atoms with E-state index in [9.17, 15) is 4.79 Å². The van der Waals surface area contributed by atoms with E-state index in [-0.39, 0.29) is 11.2 Å². The van der Waals surface area contributed by atoms with Crippen LogP contribution in [0.2, 0.25) is 0 Å². The topological polar surface area (TPSA) is 79.9 Å². The number of H-pyrrole nitrogens is 1. The highest BCUT2D eigenvalue weighted by Gasteiger charge is 2.28. The molecule has 1 atom stereocenters. The first-order chi connectivity index (χ1) is 11.2. The van der Waals surface area contributed by atoms with Gasteiger partial charge in [0.2, 0.25) is 11.1 Å². The third-order valence-electron chi connectivity index (χ3n) is 3.54. The Morgan fingerprint density at radius 1 is 1.48 bits per heavy atom. The number of carbonyl (C=O) groups excluding carboxylic acids is 1. The molecule has 6 nitrogen and oxygen atoms in total. The van der Waals surface area contributed by atoms with Crippen molar-refractivity contribution in [3.63, 3.8) is 0 Å². The van der Waals surface area contributed by atoms with Gasteiger partial charge in [0.25, 0.3) is 0 Å². The van der Waals surface area contributed by atoms with Crippen molar-refractivity contribution in [2.75, 3.05) is 11.9 Å². The highest BCUT2D eigenvalue weighted by Crippen LogP contribution is 2.38. The Balaban J connectivity index is 1.60. The molecule has 1 heterocycles. The van der Waals surface area contributed by atoms with Crippen molar-refractivity contribution in [2.24, 2.45) is 0 Å². The van der Waals surface area contributed by atoms with Crippen LogP contribution in [0.4, 0.5) is 5.69 Å². The van der Waals surface area contributed by atoms with Gasteiger partial charge < -0.3 is 10.1 Å². The molecule has 1 fully saturated rings. The lowest BCUT2D eigenvalue weighted by atomic mass is 10.3. The van der Waals surface area contributed by atoms with Crippen LogP contribution in [-0.2, 0) is 4.79 Å². The number of amides is 1. The van der Waals surface area contributed by atoms with Crippen LogP contribution < -0.4 is 10.1 Å². The minimum atomic E-state index is -0.299. The summed E-state index contributed by atoms with van der Waals surface area (Å²) < 4.78 is 5.52. The highest BCUT2D eigenvalue weighted by atomic mass is 32.2. The van der Waals surface area contributed by atoms with Gasteiger partial charge in [-0.2, -0.15) is 0 Å². The lowest BCUT2D eigenvalue weighted by Crippen LogP contribution is -2.22. The highest BCUT2D eigenvalue weighted by molar-refractivity contribution is 8.00. The SMILES string of the molecule is CCOc1ccccc1NC(=O)C(C)Sc1n[nH]c(C2CC2)n1. The van der Waals surface area contributed by atoms with Crippen molar-refractivity contribution in [3.05, 3.63) is 30.1 Å². The number of thioether (sulfide) groups is 1. The van der Waals surface area contributed by atoms with Crippen molar-refractivity contribution in [1.82, 2.24) is 15.2 Å². The summed E-state index contributed by atoms with van der Waals surface area (Å²) in [6, 6.07) is 7.42. The summed E-state index contributed by atoms with van der Waals surface area (Å²) in [6.45, 7) is 4.31. The second-order valence-corrected chi connectivity index (χ2v) is 6.76. The smallest absolute Gasteiger partial charge is 0.237 e. The van der Waals surface area contributed by atoms with Gasteiger partial charge in [-0.1, -0.05) is 23.9 Å². The largest absolute Gasteiger partial charge is 0.492 e. The predicted molar refractivity (Wildman–Crippen MR) is 89.9 cm³/mol. The molecule has 1 amide bonds. The Morgan fingerprint density at radius 3 is 3.00 bits per heavy atom. The van der Waals surface area contributed by atoms with Gasteiger partial charge in [0, 0.05) is 5.92 Å². The maximum absolute atomic E-state index is 12.4. The van der Waals surface area contributed by atoms with Crippen LogP contribution in [0.15, 0.2) is 29.4 Å². The second-order valence-electron chi connectivity index (χ2n) is 5.46. The zero-order chi connectivity index (χ0) is 16.2. The number of carbonyl (C=O) groups is 1. The first-order valence-electron chi connectivity index (χ1n) is 7.79. The van der Waals surface area contributed by atoms with Gasteiger partial charge in [-0.3, -0.25) is 9.89 Å². The molecular weight excluding hydrogens is 312 g/mol. The quantitative estimate of drug-likeness (QED) is 0.761. The molecule has 3 rings (SSSR count). The average molecular weight is 332 g/mol. The first-order valence-corrected chi connectivity index (χ1v) is 8.67. The number of nitrogens with zero attached hydrogens (tertiary/aromatic N) is 2. The van der Waals surface area contributed by atoms with E-state index < -0.39 is 0 Å². The fourth-order valence-electron chi connectivity index (χ4n) is 2.15. The van der Waals surface area contributed by atoms with Crippen molar-refractivity contribution >= 4 is 23.4 Å². The number of aromatic nitrogens is 3. The summed E-state index contributed by atoms with van der Waals surface area (Å²) in [5.74, 6) is 2.04. The molecule has 23 heavy (non-hydrogen) atoms. The number of para-hydroxylation sites is 2. The number of rotatable bonds is 7. The van der Waals surface area contributed by atoms with Crippen molar-refractivity contribution in [2.45, 2.75) is 43.0 Å². The number of anilines is 1. The summed E-state index contributed by atoms with van der Waals surface area (Å²) in [5, 5.41) is 10.4. The molecule has 1 saturated carbocycles. The normalized spacial score (nSPS) is 15.2. The van der Waals surface area contributed by atoms with Crippen LogP contribution in [0.25, 0.3) is 0 Å². The summed E-state index contributed by atoms with van der Waals surface area (Å²) >= 11 is 1.35. The molecule has 0 saturated heterocycles. The number of ether oxygens (including phenoxy) is 1. The lowest BCUT2D eigenvalue weighted by molar-refractivity contribution is -0.115. The van der Waals surface area contributed by atoms with Gasteiger partial charge in [-0.25, -0.2) is 4.98 Å². The summed E-state index contributed by atoms with van der Waals surface area (Å²) in [4.78, 5) is 16.8. The molecule has 1 aromatic heterocycles. The van der Waals surface area contributed by atoms with E-state index in [1.807, 2.05) is 38.1 Å². The third kappa shape index (κ3) is 4.04. The Morgan fingerprint density at radius 2 is 2.26 bits per heavy atom. The van der Waals surface area contributed by atoms with E-state index in [1.54, 1.807) is 0 Å². The molecule has 7 heteroatoms. The Bertz CT molecular complexity index is 684. The van der Waals surface area contributed by atoms with Crippen LogP contribution in [0, 0.1) is 0 Å². The van der Waals surface area contributed by atoms with Gasteiger partial charge in [-0.15, -0.1) is 5.10 Å². The molecule has 2 N–H and O–H groups in total. The van der Waals surface area contributed by atoms with Crippen molar-refractivity contribution in [1.29, 1.82) is 0 Å². The summed E-state index contributed by atoms with van der Waals surface area (Å²) in [6.07, 6.45) is 2.34. The van der Waals surface area contributed by atoms with Crippen LogP contribution >= 0.6 is 11.8 Å². The maximum atomic E-state index is 12.4. The Hall–Kier alpha value is -2.02. The first kappa shape index (κ1) is 15.9. The number of nitrogens with one attached hydrogen (secondary N) is 2. The van der Waals surface area contributed by atoms with Gasteiger partial charge in [-0.05, 0) is 38.8 Å². The molecule has 1 aliphatic carbocycles. The Kier molecular flexibility index (Phi) is 4.85.